The molecule has 1 aliphatic heterocycles. The Balaban J connectivity index is 1.50. The number of nitrogens with zero attached hydrogens (tertiary/aromatic N) is 3. The smallest absolute Gasteiger partial charge is 0.407 e. The molecule has 1 unspecified atom stereocenters. The normalized spacial score (nSPS) is 17.0. The quantitative estimate of drug-likeness (QED) is 0.874. The summed E-state index contributed by atoms with van der Waals surface area (Å²) in [7, 11) is 0. The van der Waals surface area contributed by atoms with Crippen LogP contribution >= 0.6 is 0 Å². The fraction of sp³-hybridized carbons (Fsp3) is 0.353. The van der Waals surface area contributed by atoms with Gasteiger partial charge in [0.2, 0.25) is 0 Å². The number of hydrogen-bond donors (Lipinski definition) is 2. The standard InChI is InChI=1S/C17H20N4O3/c22-16(18-8-14-6-7-21(10-14)17(23)24)15-11-20(12-19-15)9-13-4-2-1-3-5-13/h1-5,11-12,14H,6-10H2,(H,18,22)(H,23,24). The van der Waals surface area contributed by atoms with Crippen LogP contribution in [0.15, 0.2) is 42.9 Å². The largest absolute Gasteiger partial charge is 0.465 e. The van der Waals surface area contributed by atoms with E-state index in [4.69, 9.17) is 5.11 Å². The van der Waals surface area contributed by atoms with Crippen LogP contribution in [0.1, 0.15) is 22.5 Å². The number of amides is 2. The van der Waals surface area contributed by atoms with Crippen molar-refractivity contribution in [2.45, 2.75) is 13.0 Å². The van der Waals surface area contributed by atoms with Crippen LogP contribution in [0.5, 0.6) is 0 Å². The highest BCUT2D eigenvalue weighted by molar-refractivity contribution is 5.92. The Morgan fingerprint density at radius 2 is 2.08 bits per heavy atom. The molecule has 2 N–H and O–H groups in total. The maximum Gasteiger partial charge on any atom is 0.407 e. The number of carboxylic acid groups (broad SMARTS) is 1. The summed E-state index contributed by atoms with van der Waals surface area (Å²) in [5, 5.41) is 11.8. The van der Waals surface area contributed by atoms with Gasteiger partial charge in [-0.2, -0.15) is 0 Å². The second-order valence-electron chi connectivity index (χ2n) is 6.01. The van der Waals surface area contributed by atoms with Crippen molar-refractivity contribution in [1.82, 2.24) is 19.8 Å². The molecule has 0 spiro atoms. The van der Waals surface area contributed by atoms with Crippen LogP contribution in [0.2, 0.25) is 0 Å². The van der Waals surface area contributed by atoms with E-state index in [1.54, 1.807) is 12.5 Å². The molecule has 1 aliphatic rings. The van der Waals surface area contributed by atoms with Gasteiger partial charge in [-0.1, -0.05) is 30.3 Å². The van der Waals surface area contributed by atoms with Gasteiger partial charge in [0.25, 0.3) is 5.91 Å². The highest BCUT2D eigenvalue weighted by Gasteiger charge is 2.26. The minimum atomic E-state index is -0.900. The summed E-state index contributed by atoms with van der Waals surface area (Å²) in [4.78, 5) is 28.6. The van der Waals surface area contributed by atoms with Gasteiger partial charge in [0.15, 0.2) is 0 Å². The average Bonchev–Trinajstić information content (AvgIpc) is 3.23. The van der Waals surface area contributed by atoms with E-state index >= 15 is 0 Å². The Hall–Kier alpha value is -2.83. The summed E-state index contributed by atoms with van der Waals surface area (Å²) in [5.41, 5.74) is 1.51. The molecule has 7 heteroatoms. The highest BCUT2D eigenvalue weighted by Crippen LogP contribution is 2.15. The zero-order valence-corrected chi connectivity index (χ0v) is 13.3. The molecular weight excluding hydrogens is 308 g/mol. The summed E-state index contributed by atoms with van der Waals surface area (Å²) in [6.07, 6.45) is 3.24. The maximum absolute atomic E-state index is 12.2. The number of carbonyl (C=O) groups excluding carboxylic acids is 1. The number of carbonyl (C=O) groups is 2. The fourth-order valence-electron chi connectivity index (χ4n) is 2.86. The van der Waals surface area contributed by atoms with Crippen LogP contribution in [0.25, 0.3) is 0 Å². The zero-order chi connectivity index (χ0) is 16.9. The lowest BCUT2D eigenvalue weighted by Gasteiger charge is -2.12. The van der Waals surface area contributed by atoms with Gasteiger partial charge in [-0.05, 0) is 17.9 Å². The second kappa shape index (κ2) is 7.16. The molecule has 0 radical (unpaired) electrons. The second-order valence-corrected chi connectivity index (χ2v) is 6.01. The van der Waals surface area contributed by atoms with Gasteiger partial charge in [-0.25, -0.2) is 9.78 Å². The molecule has 2 amide bonds. The predicted octanol–water partition coefficient (Wildman–Crippen LogP) is 1.66. The third kappa shape index (κ3) is 3.92. The Morgan fingerprint density at radius 1 is 1.29 bits per heavy atom. The van der Waals surface area contributed by atoms with Crippen molar-refractivity contribution in [3.8, 4) is 0 Å². The lowest BCUT2D eigenvalue weighted by molar-refractivity contribution is 0.0943. The molecule has 1 fully saturated rings. The minimum Gasteiger partial charge on any atom is -0.465 e. The molecule has 1 saturated heterocycles. The van der Waals surface area contributed by atoms with Crippen LogP contribution in [0.4, 0.5) is 4.79 Å². The number of hydrogen-bond acceptors (Lipinski definition) is 3. The summed E-state index contributed by atoms with van der Waals surface area (Å²) >= 11 is 0. The third-order valence-electron chi connectivity index (χ3n) is 4.18. The number of aromatic nitrogens is 2. The van der Waals surface area contributed by atoms with Gasteiger partial charge in [-0.3, -0.25) is 4.79 Å². The van der Waals surface area contributed by atoms with E-state index in [1.165, 1.54) is 4.90 Å². The van der Waals surface area contributed by atoms with Crippen LogP contribution < -0.4 is 5.32 Å². The first-order chi connectivity index (χ1) is 11.6. The molecule has 3 rings (SSSR count). The molecule has 1 atom stereocenters. The Labute approximate surface area is 139 Å². The van der Waals surface area contributed by atoms with E-state index in [0.29, 0.717) is 31.9 Å². The summed E-state index contributed by atoms with van der Waals surface area (Å²) in [6.45, 7) is 2.13. The molecular formula is C17H20N4O3. The lowest BCUT2D eigenvalue weighted by atomic mass is 10.1. The minimum absolute atomic E-state index is 0.163. The van der Waals surface area contributed by atoms with Crippen molar-refractivity contribution >= 4 is 12.0 Å². The Kier molecular flexibility index (Phi) is 4.79. The molecule has 2 heterocycles. The monoisotopic (exact) mass is 328 g/mol. The van der Waals surface area contributed by atoms with E-state index in [9.17, 15) is 9.59 Å². The van der Waals surface area contributed by atoms with Gasteiger partial charge in [-0.15, -0.1) is 0 Å². The van der Waals surface area contributed by atoms with Crippen LogP contribution in [-0.4, -0.2) is 51.2 Å². The Morgan fingerprint density at radius 3 is 2.79 bits per heavy atom. The van der Waals surface area contributed by atoms with Crippen molar-refractivity contribution in [1.29, 1.82) is 0 Å². The van der Waals surface area contributed by atoms with Crippen molar-refractivity contribution in [2.75, 3.05) is 19.6 Å². The molecule has 24 heavy (non-hydrogen) atoms. The van der Waals surface area contributed by atoms with Gasteiger partial charge in [0.05, 0.1) is 6.33 Å². The van der Waals surface area contributed by atoms with Crippen molar-refractivity contribution < 1.29 is 14.7 Å². The maximum atomic E-state index is 12.2. The average molecular weight is 328 g/mol. The first kappa shape index (κ1) is 16.0. The topological polar surface area (TPSA) is 87.5 Å². The van der Waals surface area contributed by atoms with Crippen LogP contribution in [0.3, 0.4) is 0 Å². The van der Waals surface area contributed by atoms with Crippen molar-refractivity contribution in [3.05, 3.63) is 54.1 Å². The zero-order valence-electron chi connectivity index (χ0n) is 13.3. The molecule has 1 aromatic carbocycles. The summed E-state index contributed by atoms with van der Waals surface area (Å²) in [5.74, 6) is -0.0629. The number of benzene rings is 1. The lowest BCUT2D eigenvalue weighted by Crippen LogP contribution is -2.32. The molecule has 0 saturated carbocycles. The fourth-order valence-corrected chi connectivity index (χ4v) is 2.86. The van der Waals surface area contributed by atoms with Crippen LogP contribution in [-0.2, 0) is 6.54 Å². The molecule has 2 aromatic rings. The van der Waals surface area contributed by atoms with Crippen molar-refractivity contribution in [2.24, 2.45) is 5.92 Å². The van der Waals surface area contributed by atoms with E-state index in [0.717, 1.165) is 12.0 Å². The van der Waals surface area contributed by atoms with E-state index in [-0.39, 0.29) is 11.8 Å². The van der Waals surface area contributed by atoms with E-state index in [2.05, 4.69) is 10.3 Å². The summed E-state index contributed by atoms with van der Waals surface area (Å²) in [6, 6.07) is 9.96. The van der Waals surface area contributed by atoms with Gasteiger partial charge >= 0.3 is 6.09 Å². The molecule has 0 aliphatic carbocycles. The number of nitrogens with one attached hydrogen (secondary N) is 1. The van der Waals surface area contributed by atoms with Crippen molar-refractivity contribution in [3.63, 3.8) is 0 Å². The summed E-state index contributed by atoms with van der Waals surface area (Å²) < 4.78 is 1.87. The molecule has 0 bridgehead atoms. The van der Waals surface area contributed by atoms with Gasteiger partial charge < -0.3 is 19.9 Å². The predicted molar refractivity (Wildman–Crippen MR) is 87.8 cm³/mol. The molecule has 7 nitrogen and oxygen atoms in total. The third-order valence-corrected chi connectivity index (χ3v) is 4.18. The first-order valence-electron chi connectivity index (χ1n) is 7.93. The molecule has 1 aromatic heterocycles. The van der Waals surface area contributed by atoms with Crippen LogP contribution in [0, 0.1) is 5.92 Å². The first-order valence-corrected chi connectivity index (χ1v) is 7.93. The van der Waals surface area contributed by atoms with E-state index in [1.807, 2.05) is 34.9 Å². The van der Waals surface area contributed by atoms with Gasteiger partial charge in [0, 0.05) is 32.4 Å². The highest BCUT2D eigenvalue weighted by atomic mass is 16.4. The number of rotatable bonds is 5. The number of imidazole rings is 1. The number of likely N-dealkylation sites (tertiary alicyclic amines) is 1. The van der Waals surface area contributed by atoms with Gasteiger partial charge in [0.1, 0.15) is 5.69 Å². The van der Waals surface area contributed by atoms with E-state index < -0.39 is 6.09 Å². The Bertz CT molecular complexity index is 714. The molecule has 126 valence electrons. The SMILES string of the molecule is O=C(NCC1CCN(C(=O)O)C1)c1cn(Cc2ccccc2)cn1.